The number of alkyl carbamates (subject to hydrolysis) is 2. The van der Waals surface area contributed by atoms with Gasteiger partial charge in [-0.1, -0.05) is 68.1 Å². The largest absolute Gasteiger partial charge is 1.00 e. The van der Waals surface area contributed by atoms with Gasteiger partial charge in [0.25, 0.3) is 25.3 Å². The topological polar surface area (TPSA) is 232 Å². The van der Waals surface area contributed by atoms with Gasteiger partial charge in [-0.15, -0.1) is 0 Å². The molecule has 0 radical (unpaired) electrons. The molecule has 4 rings (SSSR count). The van der Waals surface area contributed by atoms with Crippen LogP contribution in [0.15, 0.2) is 110 Å². The molecule has 0 unspecified atom stereocenters. The van der Waals surface area contributed by atoms with E-state index >= 15 is 0 Å². The summed E-state index contributed by atoms with van der Waals surface area (Å²) in [5, 5.41) is 20.2. The molecule has 62 heavy (non-hydrogen) atoms. The molecule has 0 bridgehead atoms. The van der Waals surface area contributed by atoms with Crippen LogP contribution in [0.2, 0.25) is 0 Å². The monoisotopic (exact) mass is 879 g/mol. The molecule has 2 heterocycles. The van der Waals surface area contributed by atoms with Gasteiger partial charge < -0.3 is 59.7 Å². The lowest BCUT2D eigenvalue weighted by Gasteiger charge is -2.14. The molecule has 4 aromatic rings. The lowest BCUT2D eigenvalue weighted by molar-refractivity contribution is -0.727. The molecule has 17 heteroatoms. The molecule has 0 spiro atoms. The summed E-state index contributed by atoms with van der Waals surface area (Å²) in [4.78, 5) is 59.7. The number of nitrogens with one attached hydrogen (secondary N) is 4. The van der Waals surface area contributed by atoms with Gasteiger partial charge in [-0.25, -0.2) is 14.4 Å². The van der Waals surface area contributed by atoms with Crippen LogP contribution in [0.5, 0.6) is 0 Å². The first-order valence-corrected chi connectivity index (χ1v) is 20.0. The van der Waals surface area contributed by atoms with E-state index in [9.17, 15) is 29.1 Å². The van der Waals surface area contributed by atoms with Crippen molar-refractivity contribution in [3.05, 3.63) is 132 Å². The maximum absolute atomic E-state index is 12.3. The number of carboxylic acids is 1. The molecule has 4 amide bonds. The molecule has 0 saturated heterocycles. The molecular weight excluding hydrogens is 816 g/mol. The maximum Gasteiger partial charge on any atom is 0.412 e. The number of carboxylic acid groups (broad SMARTS) is 1. The van der Waals surface area contributed by atoms with Crippen molar-refractivity contribution in [3.8, 4) is 0 Å². The van der Waals surface area contributed by atoms with Crippen LogP contribution < -0.4 is 54.3 Å². The summed E-state index contributed by atoms with van der Waals surface area (Å²) in [5.41, 5.74) is 14.0. The van der Waals surface area contributed by atoms with E-state index in [0.29, 0.717) is 37.1 Å². The third kappa shape index (κ3) is 21.4. The first-order valence-electron chi connectivity index (χ1n) is 20.0. The van der Waals surface area contributed by atoms with Crippen molar-refractivity contribution in [2.45, 2.75) is 104 Å². The van der Waals surface area contributed by atoms with Gasteiger partial charge in [0.15, 0.2) is 24.8 Å². The Morgan fingerprint density at radius 3 is 1.35 bits per heavy atom. The number of pyridine rings is 2. The number of carbonyl (C=O) groups is 5. The van der Waals surface area contributed by atoms with Crippen LogP contribution in [-0.2, 0) is 40.6 Å². The van der Waals surface area contributed by atoms with E-state index in [0.717, 1.165) is 30.4 Å². The van der Waals surface area contributed by atoms with Gasteiger partial charge in [-0.2, -0.15) is 9.13 Å². The number of hydrogen-bond acceptors (Lipinski definition) is 9. The smallest absolute Gasteiger partial charge is 0.412 e. The number of carbonyl (C=O) groups excluding carboxylic acids is 4. The zero-order valence-corrected chi connectivity index (χ0v) is 35.8. The van der Waals surface area contributed by atoms with Gasteiger partial charge in [-0.05, 0) is 83.5 Å². The number of aromatic nitrogens is 2. The van der Waals surface area contributed by atoms with E-state index in [1.807, 2.05) is 81.4 Å². The highest BCUT2D eigenvalue weighted by Gasteiger charge is 2.21. The van der Waals surface area contributed by atoms with Crippen molar-refractivity contribution >= 4 is 30.0 Å². The minimum absolute atomic E-state index is 0. The second-order valence-corrected chi connectivity index (χ2v) is 14.4. The zero-order valence-electron chi connectivity index (χ0n) is 35.0. The Morgan fingerprint density at radius 1 is 0.581 bits per heavy atom. The third-order valence-corrected chi connectivity index (χ3v) is 9.01. The molecule has 0 fully saturated rings. The molecule has 0 aliphatic carbocycles. The van der Waals surface area contributed by atoms with Crippen LogP contribution in [0.3, 0.4) is 0 Å². The van der Waals surface area contributed by atoms with Gasteiger partial charge in [0.1, 0.15) is 6.04 Å². The van der Waals surface area contributed by atoms with Crippen molar-refractivity contribution in [2.75, 3.05) is 13.1 Å². The van der Waals surface area contributed by atoms with E-state index in [1.165, 1.54) is 12.1 Å². The second kappa shape index (κ2) is 30.0. The van der Waals surface area contributed by atoms with Crippen molar-refractivity contribution in [3.63, 3.8) is 0 Å². The highest BCUT2D eigenvalue weighted by atomic mass is 35.5. The number of rotatable bonds is 21. The standard InChI is InChI=1S/C22H28N4O5.C22H30N4O3.CH4.ClH/c1-16(14-17-6-3-2-4-7-17)24-22(30)31-15-26-12-9-18(10-13-26)20(27)25-19(21(28)29)8-5-11-23;1-17(7-6-12-23)24-21(27)20-10-13-26(14-11-20)16-29-22(28)25-18(2)15-19-8-4-3-5-9-19;;/h2-4,6-7,9-10,12-13,16,19H,5,8,11,14-15,23H2,1H3,(H2-,24,25,27,28,29,30);3-5,8-11,13-14,17-18H,6-7,12,15-16,23H2,1-2H3,(H-,24,25,27,28);1H4;1H/p+1/t16-,19-;17-,18+;;/m01../s1. The van der Waals surface area contributed by atoms with Crippen molar-refractivity contribution < 1.29 is 60.1 Å². The van der Waals surface area contributed by atoms with Crippen LogP contribution in [0.4, 0.5) is 9.59 Å². The molecule has 16 nitrogen and oxygen atoms in total. The van der Waals surface area contributed by atoms with Crippen LogP contribution in [0.1, 0.15) is 85.7 Å². The Morgan fingerprint density at radius 2 is 0.968 bits per heavy atom. The molecule has 9 N–H and O–H groups in total. The molecule has 0 saturated carbocycles. The Hall–Kier alpha value is -6.10. The van der Waals surface area contributed by atoms with Crippen LogP contribution >= 0.6 is 0 Å². The van der Waals surface area contributed by atoms with Gasteiger partial charge in [-0.3, -0.25) is 9.59 Å². The van der Waals surface area contributed by atoms with Gasteiger partial charge >= 0.3 is 18.2 Å². The fraction of sp³-hybridized carbons (Fsp3) is 0.400. The summed E-state index contributed by atoms with van der Waals surface area (Å²) in [6, 6.07) is 25.2. The number of nitrogens with two attached hydrogens (primary N) is 2. The number of nitrogens with zero attached hydrogens (tertiary/aromatic N) is 2. The average molecular weight is 881 g/mol. The summed E-state index contributed by atoms with van der Waals surface area (Å²) >= 11 is 0. The Labute approximate surface area is 371 Å². The zero-order chi connectivity index (χ0) is 43.7. The van der Waals surface area contributed by atoms with E-state index in [1.54, 1.807) is 46.1 Å². The predicted molar refractivity (Wildman–Crippen MR) is 231 cm³/mol. The maximum atomic E-state index is 12.3. The fourth-order valence-electron chi connectivity index (χ4n) is 5.80. The average Bonchev–Trinajstić information content (AvgIpc) is 3.24. The van der Waals surface area contributed by atoms with E-state index in [-0.39, 0.29) is 63.7 Å². The van der Waals surface area contributed by atoms with Crippen molar-refractivity contribution in [1.82, 2.24) is 21.3 Å². The SMILES string of the molecule is C.C[C@@H](Cc1ccccc1)NC(=O)OC[n+]1ccc(C(=O)N[C@@H](CCCN)C(=O)O)cc1.C[C@H](CCCN)NC(=O)c1cc[n+](COC(=O)N[C@@H](C)Cc2ccccc2)cc1.[Cl-]. The van der Waals surface area contributed by atoms with Crippen LogP contribution in [0.25, 0.3) is 0 Å². The Balaban J connectivity index is 0.000000602. The highest BCUT2D eigenvalue weighted by molar-refractivity contribution is 5.96. The molecular formula is C45H64ClN8O8+. The molecule has 4 atom stereocenters. The molecule has 0 aliphatic heterocycles. The Bertz CT molecular complexity index is 1910. The van der Waals surface area contributed by atoms with Crippen molar-refractivity contribution in [1.29, 1.82) is 0 Å². The number of ether oxygens (including phenoxy) is 2. The van der Waals surface area contributed by atoms with E-state index in [2.05, 4.69) is 21.3 Å². The quantitative estimate of drug-likeness (QED) is 0.0587. The fourth-order valence-corrected chi connectivity index (χ4v) is 5.80. The molecule has 2 aromatic carbocycles. The Kier molecular flexibility index (Phi) is 26.1. The predicted octanol–water partition coefficient (Wildman–Crippen LogP) is 0.997. The summed E-state index contributed by atoms with van der Waals surface area (Å²) in [6.45, 7) is 6.80. The minimum Gasteiger partial charge on any atom is -1.00 e. The number of hydrogen-bond donors (Lipinski definition) is 7. The number of halogens is 1. The number of benzene rings is 2. The summed E-state index contributed by atoms with van der Waals surface area (Å²) in [5.74, 6) is -1.73. The molecule has 2 aromatic heterocycles. The number of aliphatic carboxylic acids is 1. The highest BCUT2D eigenvalue weighted by Crippen LogP contribution is 2.06. The van der Waals surface area contributed by atoms with Gasteiger partial charge in [0.05, 0.1) is 11.1 Å². The molecule has 338 valence electrons. The number of amides is 4. The van der Waals surface area contributed by atoms with Crippen molar-refractivity contribution in [2.24, 2.45) is 11.5 Å². The third-order valence-electron chi connectivity index (χ3n) is 9.01. The normalized spacial score (nSPS) is 12.1. The van der Waals surface area contributed by atoms with Crippen LogP contribution in [-0.4, -0.2) is 72.3 Å². The van der Waals surface area contributed by atoms with Crippen LogP contribution in [0, 0.1) is 0 Å². The minimum atomic E-state index is -1.10. The molecule has 0 aliphatic rings. The summed E-state index contributed by atoms with van der Waals surface area (Å²) in [6.07, 6.45) is 9.45. The van der Waals surface area contributed by atoms with E-state index in [4.69, 9.17) is 20.9 Å². The van der Waals surface area contributed by atoms with E-state index < -0.39 is 30.1 Å². The summed E-state index contributed by atoms with van der Waals surface area (Å²) in [7, 11) is 0. The van der Waals surface area contributed by atoms with Gasteiger partial charge in [0.2, 0.25) is 0 Å². The lowest BCUT2D eigenvalue weighted by Crippen LogP contribution is -3.00. The van der Waals surface area contributed by atoms with Gasteiger partial charge in [0, 0.05) is 42.4 Å². The lowest BCUT2D eigenvalue weighted by atomic mass is 10.1. The second-order valence-electron chi connectivity index (χ2n) is 14.4. The first kappa shape index (κ1) is 53.9. The first-order chi connectivity index (χ1) is 28.9. The summed E-state index contributed by atoms with van der Waals surface area (Å²) < 4.78 is 13.7.